The number of para-hydroxylation sites is 2. The summed E-state index contributed by atoms with van der Waals surface area (Å²) in [6, 6.07) is 70.2. The molecule has 0 radical (unpaired) electrons. The Morgan fingerprint density at radius 3 is 1.83 bits per heavy atom. The highest BCUT2D eigenvalue weighted by Crippen LogP contribution is 2.38. The van der Waals surface area contributed by atoms with Crippen molar-refractivity contribution < 1.29 is 4.42 Å². The number of allylic oxidation sites excluding steroid dienone is 4. The minimum atomic E-state index is -2.79. The number of hydrogen-bond donors (Lipinski definition) is 0. The quantitative estimate of drug-likeness (QED) is 0.125. The van der Waals surface area contributed by atoms with Gasteiger partial charge >= 0.3 is 0 Å². The number of aromatic nitrogens is 2. The predicted molar refractivity (Wildman–Crippen MR) is 249 cm³/mol. The largest absolute Gasteiger partial charge is 0.447 e. The third-order valence-corrected chi connectivity index (χ3v) is 17.6. The fourth-order valence-corrected chi connectivity index (χ4v) is 15.1. The zero-order valence-corrected chi connectivity index (χ0v) is 33.6. The van der Waals surface area contributed by atoms with Crippen molar-refractivity contribution in [1.29, 1.82) is 5.26 Å². The van der Waals surface area contributed by atoms with Gasteiger partial charge in [-0.2, -0.15) is 5.26 Å². The maximum atomic E-state index is 9.73. The molecule has 1 aliphatic carbocycles. The van der Waals surface area contributed by atoms with Gasteiger partial charge in [-0.1, -0.05) is 120 Å². The summed E-state index contributed by atoms with van der Waals surface area (Å²) in [5, 5.41) is 22.0. The smallest absolute Gasteiger partial charge is 0.185 e. The van der Waals surface area contributed by atoms with Crippen molar-refractivity contribution in [3.05, 3.63) is 211 Å². The monoisotopic (exact) mass is 781 g/mol. The molecule has 4 nitrogen and oxygen atoms in total. The molecule has 5 heteroatoms. The standard InChI is InChI=1S/C55H35N3OSi/c56-36-37-23-32-52-47(33-37)44-17-7-10-20-50(44)57(52)38-24-28-42(29-25-38)60(40-13-3-1-4-14-40,41-15-5-2-6-16-41)43-30-26-39(27-31-43)58-51-21-11-8-18-45(51)48-35-55-49(34-53(48)58)46-19-9-12-22-54(46)59-55/h1-5,7-11,13-15,17-21,23-35H,6,16H2. The molecule has 11 aromatic rings. The number of rotatable bonds is 6. The third-order valence-electron chi connectivity index (χ3n) is 12.7. The Morgan fingerprint density at radius 1 is 0.550 bits per heavy atom. The molecule has 0 N–H and O–H groups in total. The van der Waals surface area contributed by atoms with Crippen molar-refractivity contribution in [2.45, 2.75) is 12.8 Å². The van der Waals surface area contributed by atoms with Gasteiger partial charge in [-0.05, 0) is 113 Å². The highest BCUT2D eigenvalue weighted by molar-refractivity contribution is 7.16. The van der Waals surface area contributed by atoms with Gasteiger partial charge in [-0.3, -0.25) is 0 Å². The molecule has 0 aliphatic heterocycles. The average Bonchev–Trinajstić information content (AvgIpc) is 3.96. The molecular weight excluding hydrogens is 747 g/mol. The van der Waals surface area contributed by atoms with Gasteiger partial charge in [0.1, 0.15) is 5.58 Å². The average molecular weight is 782 g/mol. The molecule has 280 valence electrons. The lowest BCUT2D eigenvalue weighted by atomic mass is 10.1. The first-order valence-corrected chi connectivity index (χ1v) is 22.5. The summed E-state index contributed by atoms with van der Waals surface area (Å²) in [6.45, 7) is 0. The molecule has 1 aliphatic rings. The number of fused-ring (bicyclic) bond motifs is 9. The first-order chi connectivity index (χ1) is 29.7. The van der Waals surface area contributed by atoms with E-state index in [0.29, 0.717) is 5.56 Å². The summed E-state index contributed by atoms with van der Waals surface area (Å²) in [5.74, 6) is 0. The number of nitriles is 1. The van der Waals surface area contributed by atoms with Crippen LogP contribution >= 0.6 is 0 Å². The van der Waals surface area contributed by atoms with Crippen LogP contribution in [0.4, 0.5) is 0 Å². The van der Waals surface area contributed by atoms with Crippen LogP contribution in [0.1, 0.15) is 18.4 Å². The van der Waals surface area contributed by atoms with Crippen molar-refractivity contribution in [2.75, 3.05) is 0 Å². The van der Waals surface area contributed by atoms with Crippen molar-refractivity contribution >= 4 is 89.2 Å². The van der Waals surface area contributed by atoms with Crippen LogP contribution in [0.5, 0.6) is 0 Å². The van der Waals surface area contributed by atoms with Crippen molar-refractivity contribution in [3.63, 3.8) is 0 Å². The summed E-state index contributed by atoms with van der Waals surface area (Å²) in [5.41, 5.74) is 8.99. The summed E-state index contributed by atoms with van der Waals surface area (Å²) in [4.78, 5) is 0. The highest BCUT2D eigenvalue weighted by Gasteiger charge is 2.43. The van der Waals surface area contributed by atoms with Crippen LogP contribution in [0.25, 0.3) is 76.9 Å². The molecule has 0 fully saturated rings. The van der Waals surface area contributed by atoms with E-state index in [9.17, 15) is 5.26 Å². The van der Waals surface area contributed by atoms with Crippen LogP contribution in [-0.2, 0) is 0 Å². The Balaban J connectivity index is 1.06. The minimum Gasteiger partial charge on any atom is -0.447 e. The SMILES string of the molecule is N#Cc1ccc2c(c1)c1ccccc1n2-c1ccc([Si](C2=CC=CCC2)(c2ccccc2)c2ccc(-n3c4ccccc4c4cc5oc6c#cccc6c5cc43)cc2)cc1. The van der Waals surface area contributed by atoms with Crippen LogP contribution in [-0.4, -0.2) is 17.2 Å². The molecule has 8 aromatic carbocycles. The van der Waals surface area contributed by atoms with E-state index in [2.05, 4.69) is 197 Å². The zero-order chi connectivity index (χ0) is 39.8. The Hall–Kier alpha value is -7.83. The molecule has 60 heavy (non-hydrogen) atoms. The van der Waals surface area contributed by atoms with Crippen LogP contribution in [0.15, 0.2) is 198 Å². The van der Waals surface area contributed by atoms with Crippen molar-refractivity contribution in [1.82, 2.24) is 9.13 Å². The van der Waals surface area contributed by atoms with Gasteiger partial charge in [0, 0.05) is 43.7 Å². The summed E-state index contributed by atoms with van der Waals surface area (Å²) >= 11 is 0. The van der Waals surface area contributed by atoms with Crippen molar-refractivity contribution in [2.24, 2.45) is 0 Å². The molecule has 0 spiro atoms. The Bertz CT molecular complexity index is 3600. The van der Waals surface area contributed by atoms with E-state index in [0.717, 1.165) is 84.4 Å². The van der Waals surface area contributed by atoms with E-state index in [4.69, 9.17) is 4.42 Å². The third kappa shape index (κ3) is 4.97. The second-order valence-electron chi connectivity index (χ2n) is 15.7. The lowest BCUT2D eigenvalue weighted by Gasteiger charge is -2.37. The second-order valence-corrected chi connectivity index (χ2v) is 19.6. The van der Waals surface area contributed by atoms with E-state index in [-0.39, 0.29) is 0 Å². The van der Waals surface area contributed by atoms with Crippen LogP contribution < -0.4 is 15.6 Å². The van der Waals surface area contributed by atoms with Gasteiger partial charge in [0.15, 0.2) is 13.7 Å². The van der Waals surface area contributed by atoms with Gasteiger partial charge in [0.05, 0.1) is 33.7 Å². The maximum absolute atomic E-state index is 9.73. The molecule has 3 aromatic heterocycles. The fraction of sp³-hybridized carbons (Fsp3) is 0.0364. The molecule has 0 amide bonds. The van der Waals surface area contributed by atoms with E-state index in [1.165, 1.54) is 26.1 Å². The van der Waals surface area contributed by atoms with E-state index < -0.39 is 8.07 Å². The Labute approximate surface area is 347 Å². The first kappa shape index (κ1) is 34.2. The summed E-state index contributed by atoms with van der Waals surface area (Å²) in [7, 11) is -2.79. The molecule has 0 bridgehead atoms. The fourth-order valence-electron chi connectivity index (χ4n) is 10.0. The van der Waals surface area contributed by atoms with Gasteiger partial charge in [0.25, 0.3) is 0 Å². The number of benzene rings is 7. The van der Waals surface area contributed by atoms with Gasteiger partial charge in [-0.25, -0.2) is 0 Å². The Morgan fingerprint density at radius 2 is 1.17 bits per heavy atom. The summed E-state index contributed by atoms with van der Waals surface area (Å²) < 4.78 is 11.0. The zero-order valence-electron chi connectivity index (χ0n) is 32.6. The van der Waals surface area contributed by atoms with E-state index in [1.807, 2.05) is 18.2 Å². The molecule has 1 atom stereocenters. The van der Waals surface area contributed by atoms with Crippen LogP contribution in [0, 0.1) is 23.5 Å². The normalized spacial score (nSPS) is 13.9. The number of furan rings is 1. The van der Waals surface area contributed by atoms with Crippen LogP contribution in [0.2, 0.25) is 0 Å². The Kier molecular flexibility index (Phi) is 7.62. The highest BCUT2D eigenvalue weighted by atomic mass is 28.3. The van der Waals surface area contributed by atoms with Crippen LogP contribution in [0.3, 0.4) is 0 Å². The van der Waals surface area contributed by atoms with Gasteiger partial charge < -0.3 is 13.6 Å². The second kappa shape index (κ2) is 13.4. The molecule has 1 unspecified atom stereocenters. The lowest BCUT2D eigenvalue weighted by molar-refractivity contribution is 0.669. The molecule has 3 heterocycles. The van der Waals surface area contributed by atoms with E-state index >= 15 is 0 Å². The lowest BCUT2D eigenvalue weighted by Crippen LogP contribution is -2.68. The van der Waals surface area contributed by atoms with E-state index in [1.54, 1.807) is 0 Å². The summed E-state index contributed by atoms with van der Waals surface area (Å²) in [6.07, 6.45) is 8.97. The topological polar surface area (TPSA) is 46.8 Å². The molecular formula is C55H35N3OSi. The molecule has 12 rings (SSSR count). The van der Waals surface area contributed by atoms with Crippen molar-refractivity contribution in [3.8, 4) is 17.4 Å². The van der Waals surface area contributed by atoms with Gasteiger partial charge in [-0.15, -0.1) is 0 Å². The number of hydrogen-bond acceptors (Lipinski definition) is 2. The van der Waals surface area contributed by atoms with Gasteiger partial charge in [0.2, 0.25) is 0 Å². The number of nitrogens with zero attached hydrogens (tertiary/aromatic N) is 3. The first-order valence-electron chi connectivity index (χ1n) is 20.5. The molecule has 0 saturated heterocycles. The molecule has 0 saturated carbocycles. The maximum Gasteiger partial charge on any atom is 0.185 e. The minimum absolute atomic E-state index is 0.667. The predicted octanol–water partition coefficient (Wildman–Crippen LogP) is 11.5.